The first-order valence-corrected chi connectivity index (χ1v) is 7.37. The summed E-state index contributed by atoms with van der Waals surface area (Å²) in [7, 11) is 0. The second-order valence-corrected chi connectivity index (χ2v) is 6.32. The van der Waals surface area contributed by atoms with E-state index in [0.717, 1.165) is 0 Å². The highest BCUT2D eigenvalue weighted by Crippen LogP contribution is 2.66. The van der Waals surface area contributed by atoms with E-state index in [1.807, 2.05) is 0 Å². The van der Waals surface area contributed by atoms with Crippen LogP contribution >= 0.6 is 0 Å². The lowest BCUT2D eigenvalue weighted by atomic mass is 9.85. The predicted molar refractivity (Wildman–Crippen MR) is 63.6 cm³/mol. The maximum Gasteiger partial charge on any atom is 0.385 e. The van der Waals surface area contributed by atoms with Gasteiger partial charge in [-0.15, -0.1) is 0 Å². The molecule has 22 heteroatoms. The van der Waals surface area contributed by atoms with E-state index in [0.29, 0.717) is 0 Å². The molecule has 2 nitrogen and oxygen atoms in total. The zero-order valence-corrected chi connectivity index (χ0v) is 14.9. The Bertz CT molecular complexity index is 678. The van der Waals surface area contributed by atoms with Crippen molar-refractivity contribution in [2.24, 2.45) is 0 Å². The second-order valence-electron chi connectivity index (χ2n) is 6.32. The van der Waals surface area contributed by atoms with E-state index in [1.54, 1.807) is 0 Å². The van der Waals surface area contributed by atoms with Gasteiger partial charge in [0, 0.05) is 0 Å². The van der Waals surface area contributed by atoms with Crippen LogP contribution in [-0.2, 0) is 0 Å². The van der Waals surface area contributed by atoms with E-state index < -0.39 is 72.4 Å². The Morgan fingerprint density at radius 1 is 0.265 bits per heavy atom. The van der Waals surface area contributed by atoms with Crippen LogP contribution in [0.5, 0.6) is 0 Å². The Hall–Kier alpha value is -1.48. The molecule has 0 rings (SSSR count). The van der Waals surface area contributed by atoms with Gasteiger partial charge in [0.25, 0.3) is 0 Å². The van der Waals surface area contributed by atoms with Gasteiger partial charge in [0.2, 0.25) is 0 Å². The van der Waals surface area contributed by atoms with Crippen LogP contribution in [0.15, 0.2) is 0 Å². The van der Waals surface area contributed by atoms with Gasteiger partial charge >= 0.3 is 59.2 Å². The molecule has 0 aliphatic heterocycles. The lowest BCUT2D eigenvalue weighted by Crippen LogP contribution is -2.77. The fraction of sp³-hybridized carbons (Fsp3) is 1.00. The minimum atomic E-state index is -9.10. The van der Waals surface area contributed by atoms with Crippen LogP contribution in [0, 0.1) is 0 Å². The van der Waals surface area contributed by atoms with Crippen LogP contribution < -0.4 is 0 Å². The zero-order chi connectivity index (χ0) is 28.4. The van der Waals surface area contributed by atoms with Gasteiger partial charge in [0.15, 0.2) is 0 Å². The van der Waals surface area contributed by atoms with Gasteiger partial charge < -0.3 is 10.2 Å². The van der Waals surface area contributed by atoms with E-state index >= 15 is 0 Å². The summed E-state index contributed by atoms with van der Waals surface area (Å²) in [5.41, 5.74) is 0. The van der Waals surface area contributed by atoms with Crippen LogP contribution in [0.25, 0.3) is 0 Å². The summed E-state index contributed by atoms with van der Waals surface area (Å²) < 4.78 is 262. The zero-order valence-electron chi connectivity index (χ0n) is 14.9. The molecule has 0 aromatic carbocycles. The smallest absolute Gasteiger partial charge is 0.385 e. The third-order valence-electron chi connectivity index (χ3n) is 4.08. The lowest BCUT2D eigenvalue weighted by Gasteiger charge is -2.44. The molecular formula is C12H6F20O2. The Morgan fingerprint density at radius 3 is 0.500 bits per heavy atom. The topological polar surface area (TPSA) is 40.5 Å². The molecule has 0 radical (unpaired) electrons. The summed E-state index contributed by atoms with van der Waals surface area (Å²) in [4.78, 5) is 0. The molecule has 206 valence electrons. The van der Waals surface area contributed by atoms with E-state index in [1.165, 1.54) is 0 Å². The van der Waals surface area contributed by atoms with Crippen LogP contribution in [-0.4, -0.2) is 82.7 Å². The van der Waals surface area contributed by atoms with Crippen LogP contribution in [0.2, 0.25) is 0 Å². The van der Waals surface area contributed by atoms with Gasteiger partial charge in [0.05, 0.1) is 0 Å². The monoisotopic (exact) mass is 562 g/mol. The summed E-state index contributed by atoms with van der Waals surface area (Å²) in [6.45, 7) is -7.21. The summed E-state index contributed by atoms with van der Waals surface area (Å²) in [6.07, 6.45) is 0. The standard InChI is InChI=1S/C12H6F20O2/c13-3(14,1-33)5(17,18)7(21,22)9(25,26)11(29,30)12(31,32)10(27,28)8(23,24)6(19,20)4(15,16)2-34/h33-34H,1-2H2. The first-order valence-electron chi connectivity index (χ1n) is 7.37. The van der Waals surface area contributed by atoms with Crippen molar-refractivity contribution in [3.63, 3.8) is 0 Å². The second kappa shape index (κ2) is 8.02. The van der Waals surface area contributed by atoms with Gasteiger partial charge in [-0.05, 0) is 0 Å². The van der Waals surface area contributed by atoms with Crippen molar-refractivity contribution in [1.82, 2.24) is 0 Å². The lowest BCUT2D eigenvalue weighted by molar-refractivity contribution is -0.469. The molecule has 0 fully saturated rings. The molecule has 0 aliphatic carbocycles. The molecule has 2 N–H and O–H groups in total. The fourth-order valence-electron chi connectivity index (χ4n) is 1.84. The van der Waals surface area contributed by atoms with Crippen molar-refractivity contribution < 1.29 is 98.0 Å². The van der Waals surface area contributed by atoms with Gasteiger partial charge in [-0.2, -0.15) is 87.8 Å². The molecule has 0 heterocycles. The SMILES string of the molecule is OCC(F)(F)C(F)(F)C(F)(F)C(F)(F)C(F)(F)C(F)(F)C(F)(F)C(F)(F)C(F)(F)C(F)(F)CO. The Morgan fingerprint density at radius 2 is 0.382 bits per heavy atom. The molecule has 0 amide bonds. The molecule has 0 spiro atoms. The molecule has 0 aliphatic rings. The average molecular weight is 562 g/mol. The highest BCUT2D eigenvalue weighted by Gasteiger charge is 2.97. The number of aliphatic hydroxyl groups is 2. The van der Waals surface area contributed by atoms with Crippen molar-refractivity contribution >= 4 is 0 Å². The molecular weight excluding hydrogens is 556 g/mol. The number of hydrogen-bond acceptors (Lipinski definition) is 2. The summed E-state index contributed by atoms with van der Waals surface area (Å²) in [6, 6.07) is 0. The summed E-state index contributed by atoms with van der Waals surface area (Å²) in [5, 5.41) is 15.6. The first-order chi connectivity index (χ1) is 14.4. The van der Waals surface area contributed by atoms with Crippen molar-refractivity contribution in [2.45, 2.75) is 59.2 Å². The molecule has 0 unspecified atom stereocenters. The van der Waals surface area contributed by atoms with E-state index in [4.69, 9.17) is 10.2 Å². The van der Waals surface area contributed by atoms with Crippen molar-refractivity contribution in [1.29, 1.82) is 0 Å². The first kappa shape index (κ1) is 32.5. The van der Waals surface area contributed by atoms with Crippen molar-refractivity contribution in [3.05, 3.63) is 0 Å². The highest BCUT2D eigenvalue weighted by molar-refractivity contribution is 5.18. The van der Waals surface area contributed by atoms with Crippen molar-refractivity contribution in [2.75, 3.05) is 13.2 Å². The predicted octanol–water partition coefficient (Wildman–Crippen LogP) is 5.32. The van der Waals surface area contributed by atoms with Gasteiger partial charge in [-0.25, -0.2) is 0 Å². The Labute approximate surface area is 172 Å². The van der Waals surface area contributed by atoms with E-state index in [9.17, 15) is 87.8 Å². The third-order valence-corrected chi connectivity index (χ3v) is 4.08. The summed E-state index contributed by atoms with van der Waals surface area (Å²) in [5.74, 6) is -83.3. The third kappa shape index (κ3) is 3.64. The van der Waals surface area contributed by atoms with Crippen LogP contribution in [0.1, 0.15) is 0 Å². The van der Waals surface area contributed by atoms with E-state index in [2.05, 4.69) is 0 Å². The molecule has 0 bridgehead atoms. The average Bonchev–Trinajstić information content (AvgIpc) is 2.66. The van der Waals surface area contributed by atoms with Crippen molar-refractivity contribution in [3.8, 4) is 0 Å². The maximum atomic E-state index is 13.4. The molecule has 0 aromatic heterocycles. The number of halogens is 20. The number of rotatable bonds is 11. The quantitative estimate of drug-likeness (QED) is 0.335. The molecule has 34 heavy (non-hydrogen) atoms. The van der Waals surface area contributed by atoms with E-state index in [-0.39, 0.29) is 0 Å². The number of aliphatic hydroxyl groups excluding tert-OH is 2. The van der Waals surface area contributed by atoms with Crippen LogP contribution in [0.3, 0.4) is 0 Å². The summed E-state index contributed by atoms with van der Waals surface area (Å²) >= 11 is 0. The molecule has 0 atom stereocenters. The molecule has 0 aromatic rings. The van der Waals surface area contributed by atoms with Gasteiger partial charge in [0.1, 0.15) is 13.2 Å². The Balaban J connectivity index is 7.06. The molecule has 0 saturated heterocycles. The highest BCUT2D eigenvalue weighted by atomic mass is 19.4. The minimum Gasteiger partial charge on any atom is -0.390 e. The van der Waals surface area contributed by atoms with Gasteiger partial charge in [-0.1, -0.05) is 0 Å². The normalized spacial score (nSPS) is 16.8. The number of alkyl halides is 20. The maximum absolute atomic E-state index is 13.4. The van der Waals surface area contributed by atoms with Gasteiger partial charge in [-0.3, -0.25) is 0 Å². The number of hydrogen-bond donors (Lipinski definition) is 2. The molecule has 0 saturated carbocycles. The Kier molecular flexibility index (Phi) is 7.67. The minimum absolute atomic E-state index is 3.61. The fourth-order valence-corrected chi connectivity index (χ4v) is 1.84. The van der Waals surface area contributed by atoms with Crippen LogP contribution in [0.4, 0.5) is 87.8 Å². The largest absolute Gasteiger partial charge is 0.390 e.